The summed E-state index contributed by atoms with van der Waals surface area (Å²) in [7, 11) is 1.80. The van der Waals surface area contributed by atoms with Gasteiger partial charge in [0.05, 0.1) is 29.0 Å². The number of benzene rings is 1. The molecule has 0 aliphatic heterocycles. The summed E-state index contributed by atoms with van der Waals surface area (Å²) >= 11 is 1.32. The number of hydrogen-bond acceptors (Lipinski definition) is 6. The van der Waals surface area contributed by atoms with E-state index in [1.165, 1.54) is 18.1 Å². The highest BCUT2D eigenvalue weighted by Gasteiger charge is 2.10. The Hall–Kier alpha value is -2.92. The van der Waals surface area contributed by atoms with Crippen LogP contribution in [0.5, 0.6) is 0 Å². The van der Waals surface area contributed by atoms with Crippen LogP contribution in [0.25, 0.3) is 11.0 Å². The molecule has 0 atom stereocenters. The second kappa shape index (κ2) is 6.46. The molecule has 0 aliphatic carbocycles. The fourth-order valence-corrected chi connectivity index (χ4v) is 2.81. The van der Waals surface area contributed by atoms with Gasteiger partial charge in [0.15, 0.2) is 5.65 Å². The fourth-order valence-electron chi connectivity index (χ4n) is 2.05. The minimum Gasteiger partial charge on any atom is -0.325 e. The molecule has 2 heterocycles. The van der Waals surface area contributed by atoms with Crippen LogP contribution in [0.1, 0.15) is 5.56 Å². The first-order valence-corrected chi connectivity index (χ1v) is 7.71. The third kappa shape index (κ3) is 3.30. The van der Waals surface area contributed by atoms with E-state index in [9.17, 15) is 4.79 Å². The van der Waals surface area contributed by atoms with Crippen LogP contribution in [0, 0.1) is 11.3 Å². The Morgan fingerprint density at radius 2 is 2.30 bits per heavy atom. The first-order chi connectivity index (χ1) is 11.2. The van der Waals surface area contributed by atoms with Crippen LogP contribution in [0.4, 0.5) is 5.69 Å². The molecule has 0 bridgehead atoms. The molecule has 3 aromatic rings. The number of anilines is 1. The lowest BCUT2D eigenvalue weighted by atomic mass is 10.2. The predicted molar refractivity (Wildman–Crippen MR) is 86.8 cm³/mol. The van der Waals surface area contributed by atoms with Crippen molar-refractivity contribution in [1.82, 2.24) is 19.7 Å². The summed E-state index contributed by atoms with van der Waals surface area (Å²) in [6, 6.07) is 8.83. The lowest BCUT2D eigenvalue weighted by Gasteiger charge is -2.05. The second-order valence-corrected chi connectivity index (χ2v) is 5.68. The first-order valence-electron chi connectivity index (χ1n) is 6.73. The zero-order valence-electron chi connectivity index (χ0n) is 12.2. The molecule has 0 aliphatic rings. The van der Waals surface area contributed by atoms with E-state index in [2.05, 4.69) is 20.4 Å². The molecule has 0 fully saturated rings. The summed E-state index contributed by atoms with van der Waals surface area (Å²) in [6.45, 7) is 0. The van der Waals surface area contributed by atoms with Gasteiger partial charge in [0.2, 0.25) is 5.91 Å². The van der Waals surface area contributed by atoms with Gasteiger partial charge in [-0.05, 0) is 18.2 Å². The van der Waals surface area contributed by atoms with Gasteiger partial charge < -0.3 is 5.32 Å². The molecular weight excluding hydrogens is 312 g/mol. The SMILES string of the molecule is Cn1ncc2c(SCC(=O)Nc3cccc(C#N)c3)ncnc21. The van der Waals surface area contributed by atoms with Crippen molar-refractivity contribution in [2.45, 2.75) is 5.03 Å². The number of aromatic nitrogens is 4. The number of nitriles is 1. The average Bonchev–Trinajstić information content (AvgIpc) is 2.95. The maximum atomic E-state index is 12.0. The van der Waals surface area contributed by atoms with Gasteiger partial charge in [0, 0.05) is 12.7 Å². The van der Waals surface area contributed by atoms with Gasteiger partial charge in [-0.1, -0.05) is 17.8 Å². The minimum absolute atomic E-state index is 0.166. The molecule has 0 unspecified atom stereocenters. The van der Waals surface area contributed by atoms with Gasteiger partial charge >= 0.3 is 0 Å². The van der Waals surface area contributed by atoms with Gasteiger partial charge in [-0.2, -0.15) is 10.4 Å². The summed E-state index contributed by atoms with van der Waals surface area (Å²) in [5.74, 6) is 0.0402. The lowest BCUT2D eigenvalue weighted by Crippen LogP contribution is -2.14. The first kappa shape index (κ1) is 15.0. The van der Waals surface area contributed by atoms with Crippen molar-refractivity contribution in [1.29, 1.82) is 5.26 Å². The molecule has 0 radical (unpaired) electrons. The third-order valence-corrected chi connectivity index (χ3v) is 4.11. The van der Waals surface area contributed by atoms with E-state index in [0.717, 1.165) is 11.0 Å². The van der Waals surface area contributed by atoms with E-state index < -0.39 is 0 Å². The number of fused-ring (bicyclic) bond motifs is 1. The quantitative estimate of drug-likeness (QED) is 0.582. The average molecular weight is 324 g/mol. The Morgan fingerprint density at radius 1 is 1.43 bits per heavy atom. The maximum Gasteiger partial charge on any atom is 0.234 e. The molecule has 8 heteroatoms. The topological polar surface area (TPSA) is 96.5 Å². The highest BCUT2D eigenvalue weighted by Crippen LogP contribution is 2.23. The summed E-state index contributed by atoms with van der Waals surface area (Å²) in [6.07, 6.45) is 3.15. The van der Waals surface area contributed by atoms with Crippen LogP contribution in [-0.2, 0) is 11.8 Å². The molecule has 0 saturated carbocycles. The van der Waals surface area contributed by atoms with Crippen molar-refractivity contribution < 1.29 is 4.79 Å². The Bertz CT molecular complexity index is 914. The van der Waals surface area contributed by atoms with Crippen LogP contribution in [0.3, 0.4) is 0 Å². The molecule has 1 aromatic carbocycles. The van der Waals surface area contributed by atoms with Crippen LogP contribution >= 0.6 is 11.8 Å². The molecule has 7 nitrogen and oxygen atoms in total. The number of hydrogen-bond donors (Lipinski definition) is 1. The van der Waals surface area contributed by atoms with Gasteiger partial charge in [-0.25, -0.2) is 9.97 Å². The zero-order chi connectivity index (χ0) is 16.2. The van der Waals surface area contributed by atoms with Crippen LogP contribution < -0.4 is 5.32 Å². The van der Waals surface area contributed by atoms with Crippen molar-refractivity contribution in [2.75, 3.05) is 11.1 Å². The molecule has 1 N–H and O–H groups in total. The number of amides is 1. The number of nitrogens with one attached hydrogen (secondary N) is 1. The largest absolute Gasteiger partial charge is 0.325 e. The standard InChI is InChI=1S/C15H12N6OS/c1-21-14-12(7-19-21)15(18-9-17-14)23-8-13(22)20-11-4-2-3-10(5-11)6-16/h2-5,7,9H,8H2,1H3,(H,20,22). The second-order valence-electron chi connectivity index (χ2n) is 4.71. The normalized spacial score (nSPS) is 10.4. The molecular formula is C15H12N6OS. The smallest absolute Gasteiger partial charge is 0.234 e. The molecule has 23 heavy (non-hydrogen) atoms. The van der Waals surface area contributed by atoms with E-state index >= 15 is 0 Å². The Kier molecular flexibility index (Phi) is 4.21. The number of carbonyl (C=O) groups excluding carboxylic acids is 1. The number of thioether (sulfide) groups is 1. The Balaban J connectivity index is 1.67. The number of rotatable bonds is 4. The monoisotopic (exact) mass is 324 g/mol. The Labute approximate surface area is 136 Å². The van der Waals surface area contributed by atoms with E-state index in [4.69, 9.17) is 5.26 Å². The van der Waals surface area contributed by atoms with E-state index in [1.807, 2.05) is 6.07 Å². The summed E-state index contributed by atoms with van der Waals surface area (Å²) in [4.78, 5) is 20.4. The summed E-state index contributed by atoms with van der Waals surface area (Å²) in [5.41, 5.74) is 1.83. The number of carbonyl (C=O) groups is 1. The molecule has 1 amide bonds. The number of nitrogens with zero attached hydrogens (tertiary/aromatic N) is 5. The van der Waals surface area contributed by atoms with Crippen LogP contribution in [0.2, 0.25) is 0 Å². The fraction of sp³-hybridized carbons (Fsp3) is 0.133. The van der Waals surface area contributed by atoms with Crippen molar-refractivity contribution in [3.8, 4) is 6.07 Å². The molecule has 2 aromatic heterocycles. The van der Waals surface area contributed by atoms with Crippen LogP contribution in [-0.4, -0.2) is 31.4 Å². The molecule has 3 rings (SSSR count). The van der Waals surface area contributed by atoms with Crippen molar-refractivity contribution in [3.05, 3.63) is 42.4 Å². The lowest BCUT2D eigenvalue weighted by molar-refractivity contribution is -0.113. The number of aryl methyl sites for hydroxylation is 1. The Morgan fingerprint density at radius 3 is 3.13 bits per heavy atom. The highest BCUT2D eigenvalue weighted by atomic mass is 32.2. The summed E-state index contributed by atoms with van der Waals surface area (Å²) in [5, 5.41) is 17.3. The summed E-state index contributed by atoms with van der Waals surface area (Å²) < 4.78 is 1.66. The van der Waals surface area contributed by atoms with Crippen molar-refractivity contribution in [2.24, 2.45) is 7.05 Å². The van der Waals surface area contributed by atoms with Gasteiger partial charge in [-0.15, -0.1) is 0 Å². The minimum atomic E-state index is -0.166. The van der Waals surface area contributed by atoms with Gasteiger partial charge in [0.25, 0.3) is 0 Å². The maximum absolute atomic E-state index is 12.0. The van der Waals surface area contributed by atoms with Gasteiger partial charge in [0.1, 0.15) is 11.4 Å². The molecule has 0 spiro atoms. The van der Waals surface area contributed by atoms with E-state index in [1.54, 1.807) is 42.2 Å². The third-order valence-electron chi connectivity index (χ3n) is 3.11. The highest BCUT2D eigenvalue weighted by molar-refractivity contribution is 8.00. The van der Waals surface area contributed by atoms with Crippen molar-refractivity contribution >= 4 is 34.4 Å². The van der Waals surface area contributed by atoms with Crippen molar-refractivity contribution in [3.63, 3.8) is 0 Å². The van der Waals surface area contributed by atoms with E-state index in [0.29, 0.717) is 16.3 Å². The molecule has 114 valence electrons. The van der Waals surface area contributed by atoms with Crippen LogP contribution in [0.15, 0.2) is 41.8 Å². The van der Waals surface area contributed by atoms with E-state index in [-0.39, 0.29) is 11.7 Å². The molecule has 0 saturated heterocycles. The predicted octanol–water partition coefficient (Wildman–Crippen LogP) is 1.97. The zero-order valence-corrected chi connectivity index (χ0v) is 13.0. The van der Waals surface area contributed by atoms with Gasteiger partial charge in [-0.3, -0.25) is 9.48 Å².